The van der Waals surface area contributed by atoms with Crippen LogP contribution in [0.5, 0.6) is 17.2 Å². The van der Waals surface area contributed by atoms with E-state index < -0.39 is 11.7 Å². The maximum absolute atomic E-state index is 12.4. The maximum Gasteiger partial charge on any atom is 0.414 e. The molecule has 0 heterocycles. The van der Waals surface area contributed by atoms with Crippen molar-refractivity contribution in [1.29, 1.82) is 0 Å². The number of aromatic hydroxyl groups is 1. The number of carbonyl (C=O) groups is 1. The first kappa shape index (κ1) is 22.0. The molecule has 0 aliphatic rings. The van der Waals surface area contributed by atoms with Crippen molar-refractivity contribution >= 4 is 17.5 Å². The van der Waals surface area contributed by atoms with Crippen LogP contribution in [0.15, 0.2) is 66.7 Å². The fourth-order valence-electron chi connectivity index (χ4n) is 3.01. The highest BCUT2D eigenvalue weighted by Crippen LogP contribution is 2.33. The summed E-state index contributed by atoms with van der Waals surface area (Å²) >= 11 is 0. The molecule has 0 atom stereocenters. The van der Waals surface area contributed by atoms with Gasteiger partial charge in [0, 0.05) is 25.6 Å². The van der Waals surface area contributed by atoms with Crippen molar-refractivity contribution in [3.63, 3.8) is 0 Å². The SMILES string of the molecule is CN(C(=O)OC(C)(C)C)c1cc(Oc2ccc(Cc3ccccc3)c(O)c2)ccc1N. The first-order chi connectivity index (χ1) is 14.6. The number of amides is 1. The Morgan fingerprint density at radius 1 is 1.00 bits per heavy atom. The van der Waals surface area contributed by atoms with Gasteiger partial charge in [-0.15, -0.1) is 0 Å². The molecule has 0 spiro atoms. The van der Waals surface area contributed by atoms with Crippen molar-refractivity contribution in [2.45, 2.75) is 32.8 Å². The van der Waals surface area contributed by atoms with Crippen molar-refractivity contribution < 1.29 is 19.4 Å². The third-order valence-electron chi connectivity index (χ3n) is 4.56. The van der Waals surface area contributed by atoms with E-state index in [1.165, 1.54) is 4.90 Å². The van der Waals surface area contributed by atoms with Gasteiger partial charge < -0.3 is 20.3 Å². The second-order valence-electron chi connectivity index (χ2n) is 8.31. The number of rotatable bonds is 5. The molecular formula is C25H28N2O4. The minimum absolute atomic E-state index is 0.155. The second-order valence-corrected chi connectivity index (χ2v) is 8.31. The molecule has 1 amide bonds. The van der Waals surface area contributed by atoms with Crippen LogP contribution in [-0.2, 0) is 11.2 Å². The summed E-state index contributed by atoms with van der Waals surface area (Å²) in [5.74, 6) is 1.11. The van der Waals surface area contributed by atoms with E-state index in [0.29, 0.717) is 29.3 Å². The molecule has 0 unspecified atom stereocenters. The minimum Gasteiger partial charge on any atom is -0.508 e. The number of nitrogens with zero attached hydrogens (tertiary/aromatic N) is 1. The summed E-state index contributed by atoms with van der Waals surface area (Å²) in [5.41, 5.74) is 8.24. The van der Waals surface area contributed by atoms with Crippen LogP contribution < -0.4 is 15.4 Å². The number of hydrogen-bond acceptors (Lipinski definition) is 5. The van der Waals surface area contributed by atoms with Gasteiger partial charge in [0.15, 0.2) is 0 Å². The zero-order valence-corrected chi connectivity index (χ0v) is 18.3. The topological polar surface area (TPSA) is 85.0 Å². The second kappa shape index (κ2) is 9.00. The van der Waals surface area contributed by atoms with E-state index in [9.17, 15) is 9.90 Å². The number of phenols is 1. The molecule has 0 saturated heterocycles. The maximum atomic E-state index is 12.4. The van der Waals surface area contributed by atoms with Crippen LogP contribution in [0.1, 0.15) is 31.9 Å². The van der Waals surface area contributed by atoms with E-state index in [-0.39, 0.29) is 5.75 Å². The van der Waals surface area contributed by atoms with Gasteiger partial charge in [-0.3, -0.25) is 4.90 Å². The van der Waals surface area contributed by atoms with Gasteiger partial charge in [-0.1, -0.05) is 36.4 Å². The van der Waals surface area contributed by atoms with E-state index in [1.807, 2.05) is 36.4 Å². The molecule has 0 fully saturated rings. The predicted octanol–water partition coefficient (Wildman–Crippen LogP) is 5.73. The minimum atomic E-state index is -0.618. The van der Waals surface area contributed by atoms with E-state index in [4.69, 9.17) is 15.2 Å². The largest absolute Gasteiger partial charge is 0.508 e. The molecule has 162 valence electrons. The van der Waals surface area contributed by atoms with Gasteiger partial charge in [0.25, 0.3) is 0 Å². The average molecular weight is 421 g/mol. The lowest BCUT2D eigenvalue weighted by Gasteiger charge is -2.25. The normalized spacial score (nSPS) is 11.1. The molecule has 6 heteroatoms. The number of ether oxygens (including phenoxy) is 2. The van der Waals surface area contributed by atoms with Crippen LogP contribution >= 0.6 is 0 Å². The zero-order chi connectivity index (χ0) is 22.6. The molecule has 6 nitrogen and oxygen atoms in total. The van der Waals surface area contributed by atoms with Crippen molar-refractivity contribution in [3.05, 3.63) is 77.9 Å². The molecular weight excluding hydrogens is 392 g/mol. The molecule has 0 aliphatic carbocycles. The van der Waals surface area contributed by atoms with E-state index in [1.54, 1.807) is 58.2 Å². The molecule has 31 heavy (non-hydrogen) atoms. The van der Waals surface area contributed by atoms with Crippen molar-refractivity contribution in [2.24, 2.45) is 0 Å². The Bertz CT molecular complexity index is 1060. The summed E-state index contributed by atoms with van der Waals surface area (Å²) in [5, 5.41) is 10.4. The average Bonchev–Trinajstić information content (AvgIpc) is 2.70. The summed E-state index contributed by atoms with van der Waals surface area (Å²) in [4.78, 5) is 13.7. The van der Waals surface area contributed by atoms with Crippen LogP contribution in [0.25, 0.3) is 0 Å². The molecule has 3 rings (SSSR count). The number of nitrogens with two attached hydrogens (primary N) is 1. The number of carbonyl (C=O) groups excluding carboxylic acids is 1. The summed E-state index contributed by atoms with van der Waals surface area (Å²) in [6, 6.07) is 20.2. The van der Waals surface area contributed by atoms with Crippen LogP contribution in [0.3, 0.4) is 0 Å². The Kier molecular flexibility index (Phi) is 6.39. The Labute approximate surface area is 182 Å². The van der Waals surface area contributed by atoms with Gasteiger partial charge >= 0.3 is 6.09 Å². The number of benzene rings is 3. The van der Waals surface area contributed by atoms with Crippen LogP contribution in [0.2, 0.25) is 0 Å². The number of hydrogen-bond donors (Lipinski definition) is 2. The van der Waals surface area contributed by atoms with Gasteiger partial charge in [-0.05, 0) is 50.1 Å². The first-order valence-corrected chi connectivity index (χ1v) is 10.0. The lowest BCUT2D eigenvalue weighted by atomic mass is 10.0. The lowest BCUT2D eigenvalue weighted by molar-refractivity contribution is 0.0589. The highest BCUT2D eigenvalue weighted by molar-refractivity contribution is 5.91. The lowest BCUT2D eigenvalue weighted by Crippen LogP contribution is -2.34. The quantitative estimate of drug-likeness (QED) is 0.515. The third-order valence-corrected chi connectivity index (χ3v) is 4.56. The Hall–Kier alpha value is -3.67. The van der Waals surface area contributed by atoms with Gasteiger partial charge in [0.2, 0.25) is 0 Å². The zero-order valence-electron chi connectivity index (χ0n) is 18.3. The number of nitrogen functional groups attached to an aromatic ring is 1. The van der Waals surface area contributed by atoms with Crippen LogP contribution in [-0.4, -0.2) is 23.8 Å². The van der Waals surface area contributed by atoms with E-state index in [2.05, 4.69) is 0 Å². The highest BCUT2D eigenvalue weighted by Gasteiger charge is 2.22. The van der Waals surface area contributed by atoms with Crippen molar-refractivity contribution in [2.75, 3.05) is 17.7 Å². The Balaban J connectivity index is 1.76. The summed E-state index contributed by atoms with van der Waals surface area (Å²) in [6.07, 6.45) is 0.110. The smallest absolute Gasteiger partial charge is 0.414 e. The molecule has 0 bridgehead atoms. The predicted molar refractivity (Wildman–Crippen MR) is 123 cm³/mol. The van der Waals surface area contributed by atoms with Crippen molar-refractivity contribution in [3.8, 4) is 17.2 Å². The Morgan fingerprint density at radius 3 is 2.29 bits per heavy atom. The van der Waals surface area contributed by atoms with Crippen LogP contribution in [0, 0.1) is 0 Å². The molecule has 3 aromatic rings. The molecule has 0 aromatic heterocycles. The van der Waals surface area contributed by atoms with Crippen LogP contribution in [0.4, 0.5) is 16.2 Å². The first-order valence-electron chi connectivity index (χ1n) is 10.0. The Morgan fingerprint density at radius 2 is 1.65 bits per heavy atom. The van der Waals surface area contributed by atoms with Gasteiger partial charge in [-0.25, -0.2) is 4.79 Å². The molecule has 0 saturated carbocycles. The van der Waals surface area contributed by atoms with Gasteiger partial charge in [0.05, 0.1) is 11.4 Å². The standard InChI is InChI=1S/C25H28N2O4/c1-25(2,3)31-24(29)27(4)22-15-19(12-13-21(22)26)30-20-11-10-18(23(28)16-20)14-17-8-6-5-7-9-17/h5-13,15-16,28H,14,26H2,1-4H3. The third kappa shape index (κ3) is 5.92. The summed E-state index contributed by atoms with van der Waals surface area (Å²) in [7, 11) is 1.59. The fourth-order valence-corrected chi connectivity index (χ4v) is 3.01. The molecule has 0 aliphatic heterocycles. The molecule has 0 radical (unpaired) electrons. The van der Waals surface area contributed by atoms with E-state index in [0.717, 1.165) is 11.1 Å². The van der Waals surface area contributed by atoms with E-state index >= 15 is 0 Å². The molecule has 3 aromatic carbocycles. The van der Waals surface area contributed by atoms with Gasteiger partial charge in [-0.2, -0.15) is 0 Å². The fraction of sp³-hybridized carbons (Fsp3) is 0.240. The number of anilines is 2. The number of phenolic OH excluding ortho intramolecular Hbond substituents is 1. The molecule has 3 N–H and O–H groups in total. The highest BCUT2D eigenvalue weighted by atomic mass is 16.6. The monoisotopic (exact) mass is 420 g/mol. The summed E-state index contributed by atoms with van der Waals surface area (Å²) in [6.45, 7) is 5.40. The summed E-state index contributed by atoms with van der Waals surface area (Å²) < 4.78 is 11.3. The van der Waals surface area contributed by atoms with Gasteiger partial charge in [0.1, 0.15) is 22.8 Å². The van der Waals surface area contributed by atoms with Crippen molar-refractivity contribution in [1.82, 2.24) is 0 Å².